The van der Waals surface area contributed by atoms with Gasteiger partial charge in [-0.1, -0.05) is 0 Å². The van der Waals surface area contributed by atoms with E-state index in [1.807, 2.05) is 0 Å². The van der Waals surface area contributed by atoms with Crippen molar-refractivity contribution in [3.8, 4) is 0 Å². The van der Waals surface area contributed by atoms with Crippen LogP contribution in [0.1, 0.15) is 0 Å². The molecule has 35 heavy (non-hydrogen) atoms. The van der Waals surface area contributed by atoms with Gasteiger partial charge in [0.1, 0.15) is 0 Å². The molecule has 0 saturated heterocycles. The van der Waals surface area contributed by atoms with E-state index in [0.717, 1.165) is 0 Å². The van der Waals surface area contributed by atoms with E-state index in [4.69, 9.17) is 0 Å². The van der Waals surface area contributed by atoms with Gasteiger partial charge in [0, 0.05) is 34.1 Å². The van der Waals surface area contributed by atoms with Gasteiger partial charge >= 0.3 is 84.9 Å². The Bertz CT molecular complexity index is 838. The molecule has 2 radical (unpaired) electrons. The molecule has 3 heteroatoms. The fourth-order valence-corrected chi connectivity index (χ4v) is 4.14. The van der Waals surface area contributed by atoms with Crippen LogP contribution in [0.4, 0.5) is 0 Å². The van der Waals surface area contributed by atoms with Crippen LogP contribution >= 0.6 is 0 Å². The van der Waals surface area contributed by atoms with Gasteiger partial charge in [-0.3, -0.25) is 0 Å². The summed E-state index contributed by atoms with van der Waals surface area (Å²) in [6, 6.07) is 69.5. The zero-order chi connectivity index (χ0) is 23.1. The van der Waals surface area contributed by atoms with Crippen molar-refractivity contribution in [2.24, 2.45) is 0 Å². The first-order valence-corrected chi connectivity index (χ1v) is 11.7. The molecule has 0 saturated carbocycles. The third-order valence-corrected chi connectivity index (χ3v) is 5.85. The summed E-state index contributed by atoms with van der Waals surface area (Å²) in [4.78, 5) is 0. The van der Waals surface area contributed by atoms with Gasteiger partial charge in [0.25, 0.3) is 0 Å². The molecule has 0 unspecified atom stereocenters. The molecule has 0 spiro atoms. The van der Waals surface area contributed by atoms with Gasteiger partial charge in [-0.15, -0.1) is 0 Å². The van der Waals surface area contributed by atoms with Crippen LogP contribution in [-0.2, 0) is 34.1 Å². The zero-order valence-corrected chi connectivity index (χ0v) is 22.6. The molecule has 6 rings (SSSR count). The zero-order valence-electron chi connectivity index (χ0n) is 18.3. The molecular formula is C32H14Fe2Ge-20. The Morgan fingerprint density at radius 3 is 0.771 bits per heavy atom. The Kier molecular flexibility index (Phi) is 22.7. The molecule has 0 aliphatic rings. The van der Waals surface area contributed by atoms with Crippen LogP contribution in [-0.4, -0.2) is 15.4 Å². The molecule has 0 bridgehead atoms. The summed E-state index contributed by atoms with van der Waals surface area (Å²) in [6.07, 6.45) is 0. The number of hydrogen-bond donors (Lipinski definition) is 0. The van der Waals surface area contributed by atoms with Crippen molar-refractivity contribution in [2.75, 3.05) is 0 Å². The van der Waals surface area contributed by atoms with E-state index in [-0.39, 0.29) is 49.6 Å². The minimum atomic E-state index is -0.108. The van der Waals surface area contributed by atoms with Gasteiger partial charge in [0.2, 0.25) is 0 Å². The van der Waals surface area contributed by atoms with Crippen molar-refractivity contribution in [3.63, 3.8) is 0 Å². The quantitative estimate of drug-likeness (QED) is 0.216. The summed E-state index contributed by atoms with van der Waals surface area (Å²) < 4.78 is 2.99. The Labute approximate surface area is 238 Å². The van der Waals surface area contributed by atoms with Gasteiger partial charge in [0.05, 0.1) is 0 Å². The number of benzene rings is 2. The van der Waals surface area contributed by atoms with Crippen molar-refractivity contribution >= 4 is 24.2 Å². The molecular weight excluding hydrogens is 569 g/mol. The molecule has 6 aromatic carbocycles. The third-order valence-electron chi connectivity index (χ3n) is 3.24. The van der Waals surface area contributed by atoms with Gasteiger partial charge in [-0.05, 0) is 0 Å². The van der Waals surface area contributed by atoms with Crippen LogP contribution in [0.5, 0.6) is 0 Å². The summed E-state index contributed by atoms with van der Waals surface area (Å²) in [5.41, 5.74) is 0. The summed E-state index contributed by atoms with van der Waals surface area (Å²) in [5.74, 6) is 0. The van der Waals surface area contributed by atoms with Crippen LogP contribution in [0.2, 0.25) is 0 Å². The van der Waals surface area contributed by atoms with E-state index >= 15 is 0 Å². The Balaban J connectivity index is 0.000000443. The SMILES string of the molecule is [Fe].[Fe].[c-]1[c-][c-][cH-][c-]1.[c-]1[c-][c-][cH-][c-]1.[c-]1[c-][c-][cH-][c-]1.[c-]1[c-][c-][cH-][c-]1.c1cc[c]([Ge][c]2ccccc2)cc1. The summed E-state index contributed by atoms with van der Waals surface area (Å²) in [5, 5.41) is 0. The molecule has 0 aliphatic heterocycles. The third kappa shape index (κ3) is 19.4. The van der Waals surface area contributed by atoms with E-state index in [1.54, 1.807) is 24.3 Å². The van der Waals surface area contributed by atoms with Crippen molar-refractivity contribution in [2.45, 2.75) is 0 Å². The van der Waals surface area contributed by atoms with Gasteiger partial charge in [-0.25, -0.2) is 0 Å². The van der Waals surface area contributed by atoms with E-state index in [0.29, 0.717) is 0 Å². The van der Waals surface area contributed by atoms with Gasteiger partial charge in [0.15, 0.2) is 0 Å². The molecule has 0 aromatic heterocycles. The Morgan fingerprint density at radius 2 is 0.600 bits per heavy atom. The van der Waals surface area contributed by atoms with Gasteiger partial charge in [-0.2, -0.15) is 0 Å². The van der Waals surface area contributed by atoms with Crippen LogP contribution in [0, 0.1) is 97.1 Å². The Morgan fingerprint density at radius 1 is 0.371 bits per heavy atom. The summed E-state index contributed by atoms with van der Waals surface area (Å²) in [6.45, 7) is 0. The van der Waals surface area contributed by atoms with Crippen molar-refractivity contribution in [1.82, 2.24) is 0 Å². The van der Waals surface area contributed by atoms with E-state index in [9.17, 15) is 0 Å². The fourth-order valence-electron chi connectivity index (χ4n) is 1.93. The first-order valence-electron chi connectivity index (χ1n) is 9.63. The number of rotatable bonds is 2. The maximum absolute atomic E-state index is 2.62. The van der Waals surface area contributed by atoms with E-state index in [1.165, 1.54) is 8.79 Å². The fraction of sp³-hybridized carbons (Fsp3) is 0. The van der Waals surface area contributed by atoms with Crippen LogP contribution in [0.3, 0.4) is 0 Å². The maximum atomic E-state index is 2.62. The molecule has 0 amide bonds. The summed E-state index contributed by atoms with van der Waals surface area (Å²) >= 11 is -0.108. The monoisotopic (exact) mass is 584 g/mol. The predicted molar refractivity (Wildman–Crippen MR) is 127 cm³/mol. The molecule has 0 nitrogen and oxygen atoms in total. The van der Waals surface area contributed by atoms with E-state index in [2.05, 4.69) is 158 Å². The second-order valence-electron chi connectivity index (χ2n) is 5.59. The van der Waals surface area contributed by atoms with Crippen LogP contribution in [0.15, 0.2) is 84.9 Å². The number of hydrogen-bond acceptors (Lipinski definition) is 0. The standard InChI is InChI=1S/C12H10Ge.4C5H.2Fe/c1-3-7-11(8-4-1)13-12-9-5-2-6-10-12;4*1-2-4-5-3-1;;/h1-10H;4*1H;;/q;4*-5;;. The van der Waals surface area contributed by atoms with Crippen molar-refractivity contribution in [1.29, 1.82) is 0 Å². The molecule has 0 fully saturated rings. The molecule has 0 atom stereocenters. The van der Waals surface area contributed by atoms with Crippen molar-refractivity contribution < 1.29 is 34.1 Å². The van der Waals surface area contributed by atoms with Crippen molar-refractivity contribution in [3.05, 3.63) is 182 Å². The minimum absolute atomic E-state index is 0. The second-order valence-corrected chi connectivity index (χ2v) is 8.54. The molecule has 6 aromatic rings. The first kappa shape index (κ1) is 32.4. The molecule has 0 aliphatic carbocycles. The topological polar surface area (TPSA) is 0 Å². The van der Waals surface area contributed by atoms with Crippen LogP contribution < -0.4 is 8.79 Å². The van der Waals surface area contributed by atoms with Crippen LogP contribution in [0.25, 0.3) is 0 Å². The average molecular weight is 583 g/mol. The summed E-state index contributed by atoms with van der Waals surface area (Å²) in [7, 11) is 0. The molecule has 0 N–H and O–H groups in total. The Hall–Kier alpha value is -2.58. The second kappa shape index (κ2) is 24.5. The predicted octanol–water partition coefficient (Wildman–Crippen LogP) is 3.76. The average Bonchev–Trinajstić information content (AvgIpc) is 3.73. The van der Waals surface area contributed by atoms with E-state index < -0.39 is 0 Å². The molecule has 182 valence electrons. The molecule has 0 heterocycles. The normalized spacial score (nSPS) is 8.23. The van der Waals surface area contributed by atoms with Gasteiger partial charge < -0.3 is 121 Å². The first-order chi connectivity index (χ1) is 16.4.